The minimum Gasteiger partial charge on any atom is -0.346 e. The van der Waals surface area contributed by atoms with Gasteiger partial charge in [-0.25, -0.2) is 0 Å². The third-order valence-corrected chi connectivity index (χ3v) is 1.75. The number of nitrogens with one attached hydrogen (secondary N) is 1. The van der Waals surface area contributed by atoms with Gasteiger partial charge < -0.3 is 10.2 Å². The zero-order valence-electron chi connectivity index (χ0n) is 6.30. The van der Waals surface area contributed by atoms with Crippen molar-refractivity contribution in [2.45, 2.75) is 12.8 Å². The summed E-state index contributed by atoms with van der Waals surface area (Å²) >= 11 is 0. The SMILES string of the molecule is O=[C]NCCN1CCCC1=O. The van der Waals surface area contributed by atoms with Crippen LogP contribution >= 0.6 is 0 Å². The molecule has 0 spiro atoms. The van der Waals surface area contributed by atoms with Gasteiger partial charge in [0.1, 0.15) is 0 Å². The molecule has 0 aliphatic carbocycles. The quantitative estimate of drug-likeness (QED) is 0.429. The van der Waals surface area contributed by atoms with Crippen LogP contribution in [0.2, 0.25) is 0 Å². The summed E-state index contributed by atoms with van der Waals surface area (Å²) in [7, 11) is 0. The summed E-state index contributed by atoms with van der Waals surface area (Å²) in [5.74, 6) is 0.192. The number of hydrogen-bond acceptors (Lipinski definition) is 2. The molecule has 0 saturated carbocycles. The van der Waals surface area contributed by atoms with Crippen LogP contribution in [0.4, 0.5) is 0 Å². The van der Waals surface area contributed by atoms with Crippen molar-refractivity contribution in [3.05, 3.63) is 0 Å². The number of amides is 2. The average molecular weight is 155 g/mol. The fraction of sp³-hybridized carbons (Fsp3) is 0.714. The first-order valence-electron chi connectivity index (χ1n) is 3.72. The van der Waals surface area contributed by atoms with Gasteiger partial charge >= 0.3 is 6.41 Å². The van der Waals surface area contributed by atoms with Crippen molar-refractivity contribution in [2.24, 2.45) is 0 Å². The second-order valence-corrected chi connectivity index (χ2v) is 2.51. The van der Waals surface area contributed by atoms with Crippen molar-refractivity contribution in [3.63, 3.8) is 0 Å². The lowest BCUT2D eigenvalue weighted by Gasteiger charge is -2.13. The zero-order valence-corrected chi connectivity index (χ0v) is 6.30. The van der Waals surface area contributed by atoms with E-state index in [1.54, 1.807) is 11.3 Å². The van der Waals surface area contributed by atoms with Crippen molar-refractivity contribution in [2.75, 3.05) is 19.6 Å². The summed E-state index contributed by atoms with van der Waals surface area (Å²) in [4.78, 5) is 22.4. The fourth-order valence-electron chi connectivity index (χ4n) is 1.18. The maximum Gasteiger partial charge on any atom is 0.309 e. The van der Waals surface area contributed by atoms with Crippen molar-refractivity contribution in [1.82, 2.24) is 10.2 Å². The first-order valence-corrected chi connectivity index (χ1v) is 3.72. The largest absolute Gasteiger partial charge is 0.346 e. The Morgan fingerprint density at radius 3 is 3.00 bits per heavy atom. The Bertz CT molecular complexity index is 159. The molecule has 1 aliphatic rings. The monoisotopic (exact) mass is 155 g/mol. The molecule has 2 amide bonds. The first-order chi connectivity index (χ1) is 5.34. The van der Waals surface area contributed by atoms with Gasteiger partial charge in [-0.05, 0) is 6.42 Å². The number of carbonyl (C=O) groups excluding carboxylic acids is 2. The zero-order chi connectivity index (χ0) is 8.10. The van der Waals surface area contributed by atoms with Crippen LogP contribution in [0, 0.1) is 0 Å². The second kappa shape index (κ2) is 3.95. The molecule has 1 rings (SSSR count). The third-order valence-electron chi connectivity index (χ3n) is 1.75. The van der Waals surface area contributed by atoms with Gasteiger partial charge in [0.25, 0.3) is 0 Å². The first kappa shape index (κ1) is 8.04. The van der Waals surface area contributed by atoms with E-state index in [1.807, 2.05) is 0 Å². The molecule has 1 saturated heterocycles. The molecule has 1 aliphatic heterocycles. The molecule has 0 bridgehead atoms. The van der Waals surface area contributed by atoms with Gasteiger partial charge in [-0.2, -0.15) is 0 Å². The Hall–Kier alpha value is -1.06. The highest BCUT2D eigenvalue weighted by atomic mass is 16.2. The van der Waals surface area contributed by atoms with Crippen molar-refractivity contribution < 1.29 is 9.59 Å². The molecule has 0 unspecified atom stereocenters. The molecule has 0 aromatic carbocycles. The number of rotatable bonds is 4. The summed E-state index contributed by atoms with van der Waals surface area (Å²) in [6, 6.07) is 0. The van der Waals surface area contributed by atoms with E-state index in [1.165, 1.54) is 0 Å². The molecular formula is C7H11N2O2. The maximum atomic E-state index is 11.0. The van der Waals surface area contributed by atoms with Crippen LogP contribution in [0.1, 0.15) is 12.8 Å². The Balaban J connectivity index is 2.15. The van der Waals surface area contributed by atoms with Crippen molar-refractivity contribution in [3.8, 4) is 0 Å². The standard InChI is InChI=1S/C7H11N2O2/c10-6-8-3-5-9-4-1-2-7(9)11/h1-5H2,(H,8,10). The van der Waals surface area contributed by atoms with Crippen LogP contribution in [0.15, 0.2) is 0 Å². The summed E-state index contributed by atoms with van der Waals surface area (Å²) in [5, 5.41) is 2.40. The molecule has 0 atom stereocenters. The van der Waals surface area contributed by atoms with Crippen LogP contribution in [0.5, 0.6) is 0 Å². The van der Waals surface area contributed by atoms with E-state index in [9.17, 15) is 9.59 Å². The molecule has 11 heavy (non-hydrogen) atoms. The molecule has 1 heterocycles. The van der Waals surface area contributed by atoms with E-state index in [-0.39, 0.29) is 5.91 Å². The van der Waals surface area contributed by atoms with Crippen LogP contribution in [-0.4, -0.2) is 36.9 Å². The van der Waals surface area contributed by atoms with E-state index in [4.69, 9.17) is 0 Å². The highest BCUT2D eigenvalue weighted by Gasteiger charge is 2.18. The summed E-state index contributed by atoms with van der Waals surface area (Å²) in [6.07, 6.45) is 3.17. The predicted molar refractivity (Wildman–Crippen MR) is 39.5 cm³/mol. The van der Waals surface area contributed by atoms with Gasteiger partial charge in [-0.3, -0.25) is 9.59 Å². The molecule has 1 radical (unpaired) electrons. The Kier molecular flexibility index (Phi) is 2.89. The topological polar surface area (TPSA) is 49.4 Å². The van der Waals surface area contributed by atoms with Crippen LogP contribution in [0.25, 0.3) is 0 Å². The summed E-state index contributed by atoms with van der Waals surface area (Å²) in [6.45, 7) is 1.96. The molecule has 0 aromatic heterocycles. The molecule has 1 fully saturated rings. The fourth-order valence-corrected chi connectivity index (χ4v) is 1.18. The van der Waals surface area contributed by atoms with Gasteiger partial charge in [0, 0.05) is 26.1 Å². The number of carbonyl (C=O) groups is 1. The van der Waals surface area contributed by atoms with E-state index < -0.39 is 0 Å². The molecule has 1 N–H and O–H groups in total. The van der Waals surface area contributed by atoms with E-state index >= 15 is 0 Å². The second-order valence-electron chi connectivity index (χ2n) is 2.51. The Morgan fingerprint density at radius 1 is 1.64 bits per heavy atom. The molecule has 0 aromatic rings. The summed E-state index contributed by atoms with van der Waals surface area (Å²) in [5.41, 5.74) is 0. The van der Waals surface area contributed by atoms with Gasteiger partial charge in [-0.1, -0.05) is 0 Å². The Morgan fingerprint density at radius 2 is 2.45 bits per heavy atom. The number of nitrogens with zero attached hydrogens (tertiary/aromatic N) is 1. The molecule has 4 heteroatoms. The van der Waals surface area contributed by atoms with Gasteiger partial charge in [0.2, 0.25) is 5.91 Å². The molecule has 61 valence electrons. The minimum absolute atomic E-state index is 0.192. The Labute approximate surface area is 65.6 Å². The lowest BCUT2D eigenvalue weighted by molar-refractivity contribution is -0.127. The van der Waals surface area contributed by atoms with Crippen molar-refractivity contribution in [1.29, 1.82) is 0 Å². The van der Waals surface area contributed by atoms with Gasteiger partial charge in [0.15, 0.2) is 0 Å². The normalized spacial score (nSPS) is 17.1. The lowest BCUT2D eigenvalue weighted by Crippen LogP contribution is -2.32. The number of likely N-dealkylation sites (tertiary alicyclic amines) is 1. The van der Waals surface area contributed by atoms with Crippen LogP contribution in [-0.2, 0) is 9.59 Å². The molecular weight excluding hydrogens is 144 g/mol. The van der Waals surface area contributed by atoms with Crippen molar-refractivity contribution >= 4 is 12.3 Å². The maximum absolute atomic E-state index is 11.0. The predicted octanol–water partition coefficient (Wildman–Crippen LogP) is -0.734. The third kappa shape index (κ3) is 2.22. The van der Waals surface area contributed by atoms with Crippen LogP contribution in [0.3, 0.4) is 0 Å². The van der Waals surface area contributed by atoms with Crippen LogP contribution < -0.4 is 5.32 Å². The van der Waals surface area contributed by atoms with E-state index in [2.05, 4.69) is 5.32 Å². The average Bonchev–Trinajstić information content (AvgIpc) is 2.37. The molecule has 4 nitrogen and oxygen atoms in total. The lowest BCUT2D eigenvalue weighted by atomic mass is 10.4. The van der Waals surface area contributed by atoms with Gasteiger partial charge in [0.05, 0.1) is 0 Å². The summed E-state index contributed by atoms with van der Waals surface area (Å²) < 4.78 is 0. The minimum atomic E-state index is 0.192. The highest BCUT2D eigenvalue weighted by molar-refractivity contribution is 5.78. The number of hydrogen-bond donors (Lipinski definition) is 1. The highest BCUT2D eigenvalue weighted by Crippen LogP contribution is 2.07. The van der Waals surface area contributed by atoms with E-state index in [0.29, 0.717) is 19.5 Å². The van der Waals surface area contributed by atoms with Gasteiger partial charge in [-0.15, -0.1) is 0 Å². The smallest absolute Gasteiger partial charge is 0.309 e. The van der Waals surface area contributed by atoms with E-state index in [0.717, 1.165) is 13.0 Å².